The Hall–Kier alpha value is -3.49. The fourth-order valence-electron chi connectivity index (χ4n) is 2.61. The van der Waals surface area contributed by atoms with E-state index in [2.05, 4.69) is 10.3 Å². The van der Waals surface area contributed by atoms with E-state index in [0.717, 1.165) is 0 Å². The number of rotatable bonds is 7. The van der Waals surface area contributed by atoms with E-state index in [1.54, 1.807) is 42.5 Å². The number of nitrogens with one attached hydrogen (secondary N) is 1. The first-order valence-electron chi connectivity index (χ1n) is 8.31. The van der Waals surface area contributed by atoms with E-state index in [1.807, 2.05) is 0 Å². The minimum atomic E-state index is -2.82. The second-order valence-electron chi connectivity index (χ2n) is 5.74. The highest BCUT2D eigenvalue weighted by atomic mass is 19.3. The van der Waals surface area contributed by atoms with Crippen molar-refractivity contribution >= 4 is 22.9 Å². The summed E-state index contributed by atoms with van der Waals surface area (Å²) in [5.41, 5.74) is 0.964. The van der Waals surface area contributed by atoms with Gasteiger partial charge in [-0.3, -0.25) is 14.2 Å². The number of amides is 1. The summed E-state index contributed by atoms with van der Waals surface area (Å²) < 4.78 is 37.3. The average Bonchev–Trinajstić information content (AvgIpc) is 3.09. The molecule has 0 atom stereocenters. The molecule has 1 heterocycles. The highest BCUT2D eigenvalue weighted by molar-refractivity contribution is 5.96. The highest BCUT2D eigenvalue weighted by Crippen LogP contribution is 2.23. The predicted octanol–water partition coefficient (Wildman–Crippen LogP) is 2.91. The van der Waals surface area contributed by atoms with Crippen molar-refractivity contribution in [3.63, 3.8) is 0 Å². The fourth-order valence-corrected chi connectivity index (χ4v) is 2.61. The van der Waals surface area contributed by atoms with Crippen LogP contribution in [0, 0.1) is 0 Å². The van der Waals surface area contributed by atoms with Crippen LogP contribution in [0.4, 0.5) is 8.78 Å². The van der Waals surface area contributed by atoms with Crippen LogP contribution in [0.1, 0.15) is 22.7 Å². The molecular weight excluding hydrogens is 372 g/mol. The Morgan fingerprint density at radius 2 is 1.86 bits per heavy atom. The zero-order chi connectivity index (χ0) is 20.1. The molecule has 3 rings (SSSR count). The number of para-hydroxylation sites is 2. The number of esters is 1. The summed E-state index contributed by atoms with van der Waals surface area (Å²) in [6.07, 6.45) is 0. The second kappa shape index (κ2) is 8.47. The molecular formula is C19H17F2N3O4. The molecule has 0 radical (unpaired) electrons. The van der Waals surface area contributed by atoms with E-state index >= 15 is 0 Å². The number of fused-ring (bicyclic) bond motifs is 1. The van der Waals surface area contributed by atoms with Crippen LogP contribution in [0.25, 0.3) is 11.0 Å². The molecule has 0 saturated carbocycles. The zero-order valence-corrected chi connectivity index (χ0v) is 14.9. The van der Waals surface area contributed by atoms with Gasteiger partial charge in [0.2, 0.25) is 0 Å². The third kappa shape index (κ3) is 4.25. The van der Waals surface area contributed by atoms with Crippen LogP contribution < -0.4 is 10.1 Å². The Morgan fingerprint density at radius 1 is 1.14 bits per heavy atom. The minimum Gasteiger partial charge on any atom is -0.497 e. The van der Waals surface area contributed by atoms with Crippen molar-refractivity contribution in [2.24, 2.45) is 0 Å². The molecule has 0 aliphatic rings. The van der Waals surface area contributed by atoms with Gasteiger partial charge in [0, 0.05) is 5.56 Å². The minimum absolute atomic E-state index is 0.0777. The second-order valence-corrected chi connectivity index (χ2v) is 5.74. The summed E-state index contributed by atoms with van der Waals surface area (Å²) in [4.78, 5) is 27.9. The number of benzene rings is 2. The number of aromatic nitrogens is 2. The third-order valence-corrected chi connectivity index (χ3v) is 3.97. The molecule has 0 aliphatic heterocycles. The van der Waals surface area contributed by atoms with Crippen molar-refractivity contribution in [1.82, 2.24) is 14.9 Å². The van der Waals surface area contributed by atoms with E-state index in [9.17, 15) is 18.4 Å². The molecule has 0 aliphatic carbocycles. The van der Waals surface area contributed by atoms with E-state index < -0.39 is 31.6 Å². The molecule has 0 bridgehead atoms. The van der Waals surface area contributed by atoms with Crippen molar-refractivity contribution in [2.75, 3.05) is 13.7 Å². The summed E-state index contributed by atoms with van der Waals surface area (Å²) >= 11 is 0. The van der Waals surface area contributed by atoms with Crippen molar-refractivity contribution in [3.8, 4) is 5.75 Å². The monoisotopic (exact) mass is 389 g/mol. The van der Waals surface area contributed by atoms with Gasteiger partial charge < -0.3 is 14.8 Å². The maximum absolute atomic E-state index is 13.3. The van der Waals surface area contributed by atoms with Crippen LogP contribution in [0.15, 0.2) is 48.5 Å². The lowest BCUT2D eigenvalue weighted by Gasteiger charge is -2.09. The van der Waals surface area contributed by atoms with Crippen molar-refractivity contribution < 1.29 is 27.8 Å². The third-order valence-electron chi connectivity index (χ3n) is 3.97. The van der Waals surface area contributed by atoms with E-state index in [-0.39, 0.29) is 11.3 Å². The fraction of sp³-hybridized carbons (Fsp3) is 0.211. The topological polar surface area (TPSA) is 82.4 Å². The van der Waals surface area contributed by atoms with Gasteiger partial charge in [0.05, 0.1) is 18.1 Å². The van der Waals surface area contributed by atoms with Gasteiger partial charge in [-0.15, -0.1) is 0 Å². The van der Waals surface area contributed by atoms with Crippen molar-refractivity contribution in [1.29, 1.82) is 0 Å². The van der Waals surface area contributed by atoms with Crippen LogP contribution in [0.2, 0.25) is 0 Å². The van der Waals surface area contributed by atoms with E-state index in [4.69, 9.17) is 9.47 Å². The van der Waals surface area contributed by atoms with Gasteiger partial charge >= 0.3 is 12.5 Å². The standard InChI is InChI=1S/C19H17F2N3O4/c1-27-13-8-6-12(7-9-13)18(26)22-10-17(25)28-11-16-23-14-4-2-3-5-15(14)24(16)19(20)21/h2-9,19H,10-11H2,1H3,(H,22,26). The molecule has 1 aromatic heterocycles. The van der Waals surface area contributed by atoms with Gasteiger partial charge in [-0.2, -0.15) is 8.78 Å². The smallest absolute Gasteiger partial charge is 0.325 e. The van der Waals surface area contributed by atoms with Gasteiger partial charge in [-0.25, -0.2) is 4.98 Å². The summed E-state index contributed by atoms with van der Waals surface area (Å²) in [6, 6.07) is 12.7. The normalized spacial score (nSPS) is 10.9. The predicted molar refractivity (Wildman–Crippen MR) is 96.1 cm³/mol. The Balaban J connectivity index is 1.58. The molecule has 146 valence electrons. The first-order chi connectivity index (χ1) is 13.5. The van der Waals surface area contributed by atoms with Crippen LogP contribution in [0.3, 0.4) is 0 Å². The molecule has 0 fully saturated rings. The lowest BCUT2D eigenvalue weighted by molar-refractivity contribution is -0.144. The maximum Gasteiger partial charge on any atom is 0.325 e. The van der Waals surface area contributed by atoms with Crippen LogP contribution in [-0.4, -0.2) is 35.1 Å². The summed E-state index contributed by atoms with van der Waals surface area (Å²) in [6.45, 7) is -3.66. The zero-order valence-electron chi connectivity index (χ0n) is 14.9. The molecule has 3 aromatic rings. The number of hydrogen-bond acceptors (Lipinski definition) is 5. The van der Waals surface area contributed by atoms with Crippen LogP contribution in [-0.2, 0) is 16.1 Å². The van der Waals surface area contributed by atoms with Crippen LogP contribution in [0.5, 0.6) is 5.75 Å². The quantitative estimate of drug-likeness (QED) is 0.629. The molecule has 0 saturated heterocycles. The first kappa shape index (κ1) is 19.3. The van der Waals surface area contributed by atoms with E-state index in [0.29, 0.717) is 21.4 Å². The number of carbonyl (C=O) groups is 2. The number of halogens is 2. The number of imidazole rings is 1. The molecule has 2 aromatic carbocycles. The lowest BCUT2D eigenvalue weighted by Crippen LogP contribution is -2.30. The first-order valence-corrected chi connectivity index (χ1v) is 8.31. The number of nitrogens with zero attached hydrogens (tertiary/aromatic N) is 2. The Kier molecular flexibility index (Phi) is 5.83. The number of carbonyl (C=O) groups excluding carboxylic acids is 2. The molecule has 7 nitrogen and oxygen atoms in total. The molecule has 9 heteroatoms. The molecule has 1 N–H and O–H groups in total. The Labute approximate surface area is 158 Å². The largest absolute Gasteiger partial charge is 0.497 e. The number of hydrogen-bond donors (Lipinski definition) is 1. The summed E-state index contributed by atoms with van der Waals surface area (Å²) in [5.74, 6) is -0.724. The molecule has 1 amide bonds. The highest BCUT2D eigenvalue weighted by Gasteiger charge is 2.19. The van der Waals surface area contributed by atoms with Crippen LogP contribution >= 0.6 is 0 Å². The van der Waals surface area contributed by atoms with Gasteiger partial charge in [-0.05, 0) is 36.4 Å². The van der Waals surface area contributed by atoms with Gasteiger partial charge in [0.15, 0.2) is 5.82 Å². The SMILES string of the molecule is COc1ccc(C(=O)NCC(=O)OCc2nc3ccccc3n2C(F)F)cc1. The Morgan fingerprint density at radius 3 is 2.54 bits per heavy atom. The number of alkyl halides is 2. The van der Waals surface area contributed by atoms with E-state index in [1.165, 1.54) is 13.2 Å². The van der Waals surface area contributed by atoms with Gasteiger partial charge in [0.1, 0.15) is 18.9 Å². The molecule has 28 heavy (non-hydrogen) atoms. The number of ether oxygens (including phenoxy) is 2. The lowest BCUT2D eigenvalue weighted by atomic mass is 10.2. The van der Waals surface area contributed by atoms with Gasteiger partial charge in [-0.1, -0.05) is 12.1 Å². The number of methoxy groups -OCH3 is 1. The van der Waals surface area contributed by atoms with Crippen molar-refractivity contribution in [3.05, 3.63) is 59.9 Å². The Bertz CT molecular complexity index is 987. The van der Waals surface area contributed by atoms with Gasteiger partial charge in [0.25, 0.3) is 5.91 Å². The molecule has 0 spiro atoms. The van der Waals surface area contributed by atoms with Crippen molar-refractivity contribution in [2.45, 2.75) is 13.2 Å². The summed E-state index contributed by atoms with van der Waals surface area (Å²) in [7, 11) is 1.51. The molecule has 0 unspecified atom stereocenters. The summed E-state index contributed by atoms with van der Waals surface area (Å²) in [5, 5.41) is 2.41. The maximum atomic E-state index is 13.3. The average molecular weight is 389 g/mol.